The van der Waals surface area contributed by atoms with Crippen molar-refractivity contribution in [3.63, 3.8) is 0 Å². The van der Waals surface area contributed by atoms with Gasteiger partial charge in [0.15, 0.2) is 0 Å². The molecule has 2 heterocycles. The zero-order valence-electron chi connectivity index (χ0n) is 8.42. The maximum atomic E-state index is 11.7. The second kappa shape index (κ2) is 4.75. The van der Waals surface area contributed by atoms with E-state index in [9.17, 15) is 4.79 Å². The molecule has 0 radical (unpaired) electrons. The number of carbonyl (C=O) groups is 1. The van der Waals surface area contributed by atoms with Crippen molar-refractivity contribution in [2.24, 2.45) is 5.92 Å². The number of hydrogen-bond donors (Lipinski definition) is 2. The highest BCUT2D eigenvalue weighted by molar-refractivity contribution is 5.79. The summed E-state index contributed by atoms with van der Waals surface area (Å²) >= 11 is 0. The van der Waals surface area contributed by atoms with Crippen molar-refractivity contribution in [3.8, 4) is 0 Å². The van der Waals surface area contributed by atoms with Gasteiger partial charge < -0.3 is 15.4 Å². The van der Waals surface area contributed by atoms with Gasteiger partial charge in [-0.05, 0) is 25.8 Å². The molecule has 2 aliphatic rings. The zero-order valence-corrected chi connectivity index (χ0v) is 8.42. The second-order valence-corrected chi connectivity index (χ2v) is 4.11. The predicted octanol–water partition coefficient (Wildman–Crippen LogP) is -0.109. The van der Waals surface area contributed by atoms with Gasteiger partial charge in [-0.1, -0.05) is 0 Å². The molecule has 0 saturated carbocycles. The molecule has 2 saturated heterocycles. The number of amides is 1. The summed E-state index contributed by atoms with van der Waals surface area (Å²) in [6, 6.07) is 0.247. The lowest BCUT2D eigenvalue weighted by Crippen LogP contribution is -2.43. The fraction of sp³-hybridized carbons (Fsp3) is 0.900. The monoisotopic (exact) mass is 198 g/mol. The zero-order chi connectivity index (χ0) is 9.80. The normalized spacial score (nSPS) is 32.9. The van der Waals surface area contributed by atoms with Crippen LogP contribution in [0.1, 0.15) is 19.3 Å². The van der Waals surface area contributed by atoms with Crippen LogP contribution in [0.2, 0.25) is 0 Å². The van der Waals surface area contributed by atoms with E-state index in [0.717, 1.165) is 39.0 Å². The van der Waals surface area contributed by atoms with Gasteiger partial charge in [0.1, 0.15) is 0 Å². The summed E-state index contributed by atoms with van der Waals surface area (Å²) in [4.78, 5) is 11.7. The van der Waals surface area contributed by atoms with Crippen molar-refractivity contribution in [1.82, 2.24) is 10.6 Å². The standard InChI is InChI=1S/C10H18N2O2/c13-10(8-3-4-11-6-8)12-9-2-1-5-14-7-9/h8-9,11H,1-7H2,(H,12,13)/t8-,9?/m1/s1. The van der Waals surface area contributed by atoms with Crippen LogP contribution in [0.3, 0.4) is 0 Å². The Hall–Kier alpha value is -0.610. The fourth-order valence-corrected chi connectivity index (χ4v) is 2.05. The number of carbonyl (C=O) groups excluding carboxylic acids is 1. The summed E-state index contributed by atoms with van der Waals surface area (Å²) in [7, 11) is 0. The molecular weight excluding hydrogens is 180 g/mol. The third kappa shape index (κ3) is 2.45. The highest BCUT2D eigenvalue weighted by atomic mass is 16.5. The lowest BCUT2D eigenvalue weighted by Gasteiger charge is -2.24. The number of rotatable bonds is 2. The van der Waals surface area contributed by atoms with Crippen molar-refractivity contribution in [3.05, 3.63) is 0 Å². The maximum absolute atomic E-state index is 11.7. The van der Waals surface area contributed by atoms with Gasteiger partial charge in [-0.2, -0.15) is 0 Å². The van der Waals surface area contributed by atoms with Crippen LogP contribution < -0.4 is 10.6 Å². The van der Waals surface area contributed by atoms with Gasteiger partial charge in [-0.25, -0.2) is 0 Å². The minimum absolute atomic E-state index is 0.178. The molecule has 2 fully saturated rings. The molecule has 4 nitrogen and oxygen atoms in total. The third-order valence-corrected chi connectivity index (χ3v) is 2.94. The highest BCUT2D eigenvalue weighted by Gasteiger charge is 2.25. The molecule has 0 aliphatic carbocycles. The van der Waals surface area contributed by atoms with Crippen molar-refractivity contribution < 1.29 is 9.53 Å². The summed E-state index contributed by atoms with van der Waals surface area (Å²) < 4.78 is 5.32. The van der Waals surface area contributed by atoms with Crippen molar-refractivity contribution in [2.75, 3.05) is 26.3 Å². The summed E-state index contributed by atoms with van der Waals surface area (Å²) in [5.41, 5.74) is 0. The van der Waals surface area contributed by atoms with E-state index in [1.54, 1.807) is 0 Å². The van der Waals surface area contributed by atoms with E-state index in [0.29, 0.717) is 6.61 Å². The molecule has 0 aromatic heterocycles. The summed E-state index contributed by atoms with van der Waals surface area (Å²) in [6.45, 7) is 3.34. The lowest BCUT2D eigenvalue weighted by atomic mass is 10.1. The summed E-state index contributed by atoms with van der Waals surface area (Å²) in [5, 5.41) is 6.26. The smallest absolute Gasteiger partial charge is 0.224 e. The summed E-state index contributed by atoms with van der Waals surface area (Å²) in [5.74, 6) is 0.377. The molecule has 2 N–H and O–H groups in total. The molecule has 2 aliphatic heterocycles. The molecule has 1 amide bonds. The Morgan fingerprint density at radius 2 is 2.36 bits per heavy atom. The van der Waals surface area contributed by atoms with Crippen LogP contribution in [0, 0.1) is 5.92 Å². The van der Waals surface area contributed by atoms with Gasteiger partial charge in [0.25, 0.3) is 0 Å². The van der Waals surface area contributed by atoms with Crippen LogP contribution in [0.5, 0.6) is 0 Å². The average Bonchev–Trinajstić information content (AvgIpc) is 2.72. The minimum atomic E-state index is 0.178. The Balaban J connectivity index is 1.75. The molecule has 14 heavy (non-hydrogen) atoms. The molecular formula is C10H18N2O2. The first-order chi connectivity index (χ1) is 6.86. The number of hydrogen-bond acceptors (Lipinski definition) is 3. The average molecular weight is 198 g/mol. The topological polar surface area (TPSA) is 50.4 Å². The Labute approximate surface area is 84.4 Å². The van der Waals surface area contributed by atoms with Crippen molar-refractivity contribution in [2.45, 2.75) is 25.3 Å². The molecule has 2 atom stereocenters. The van der Waals surface area contributed by atoms with E-state index in [2.05, 4.69) is 10.6 Å². The van der Waals surface area contributed by atoms with Crippen molar-refractivity contribution in [1.29, 1.82) is 0 Å². The van der Waals surface area contributed by atoms with Gasteiger partial charge in [0, 0.05) is 13.2 Å². The first-order valence-electron chi connectivity index (χ1n) is 5.45. The molecule has 0 bridgehead atoms. The van der Waals surface area contributed by atoms with Crippen LogP contribution >= 0.6 is 0 Å². The quantitative estimate of drug-likeness (QED) is 0.651. The van der Waals surface area contributed by atoms with E-state index < -0.39 is 0 Å². The predicted molar refractivity (Wildman–Crippen MR) is 53.0 cm³/mol. The first kappa shape index (κ1) is 9.93. The molecule has 80 valence electrons. The first-order valence-corrected chi connectivity index (χ1v) is 5.45. The van der Waals surface area contributed by atoms with Crippen molar-refractivity contribution >= 4 is 5.91 Å². The molecule has 4 heteroatoms. The second-order valence-electron chi connectivity index (χ2n) is 4.11. The Kier molecular flexibility index (Phi) is 3.37. The number of nitrogens with one attached hydrogen (secondary N) is 2. The van der Waals surface area contributed by atoms with Crippen LogP contribution in [0.15, 0.2) is 0 Å². The molecule has 0 spiro atoms. The molecule has 0 aromatic rings. The van der Waals surface area contributed by atoms with Gasteiger partial charge in [0.05, 0.1) is 18.6 Å². The van der Waals surface area contributed by atoms with Gasteiger partial charge >= 0.3 is 0 Å². The number of ether oxygens (including phenoxy) is 1. The maximum Gasteiger partial charge on any atom is 0.224 e. The molecule has 1 unspecified atom stereocenters. The Morgan fingerprint density at radius 1 is 1.43 bits per heavy atom. The van der Waals surface area contributed by atoms with E-state index in [1.165, 1.54) is 0 Å². The van der Waals surface area contributed by atoms with Crippen LogP contribution in [0.4, 0.5) is 0 Å². The van der Waals surface area contributed by atoms with Gasteiger partial charge in [-0.3, -0.25) is 4.79 Å². The van der Waals surface area contributed by atoms with Gasteiger partial charge in [0.2, 0.25) is 5.91 Å². The largest absolute Gasteiger partial charge is 0.379 e. The van der Waals surface area contributed by atoms with E-state index >= 15 is 0 Å². The van der Waals surface area contributed by atoms with E-state index in [4.69, 9.17) is 4.74 Å². The minimum Gasteiger partial charge on any atom is -0.379 e. The Bertz CT molecular complexity index is 196. The third-order valence-electron chi connectivity index (χ3n) is 2.94. The summed E-state index contributed by atoms with van der Waals surface area (Å²) in [6.07, 6.45) is 3.10. The fourth-order valence-electron chi connectivity index (χ4n) is 2.05. The SMILES string of the molecule is O=C(NC1CCCOC1)[C@@H]1CCNC1. The molecule has 0 aromatic carbocycles. The lowest BCUT2D eigenvalue weighted by molar-refractivity contribution is -0.126. The van der Waals surface area contributed by atoms with E-state index in [-0.39, 0.29) is 17.9 Å². The van der Waals surface area contributed by atoms with Crippen LogP contribution in [0.25, 0.3) is 0 Å². The Morgan fingerprint density at radius 3 is 3.00 bits per heavy atom. The van der Waals surface area contributed by atoms with Crippen LogP contribution in [-0.4, -0.2) is 38.3 Å². The van der Waals surface area contributed by atoms with Crippen LogP contribution in [-0.2, 0) is 9.53 Å². The van der Waals surface area contributed by atoms with Gasteiger partial charge in [-0.15, -0.1) is 0 Å². The van der Waals surface area contributed by atoms with E-state index in [1.807, 2.05) is 0 Å². The highest BCUT2D eigenvalue weighted by Crippen LogP contribution is 2.10. The molecule has 2 rings (SSSR count).